The van der Waals surface area contributed by atoms with Crippen molar-refractivity contribution in [2.75, 3.05) is 19.0 Å². The number of amides is 1. The van der Waals surface area contributed by atoms with Crippen molar-refractivity contribution >= 4 is 39.1 Å². The van der Waals surface area contributed by atoms with Gasteiger partial charge >= 0.3 is 5.97 Å². The van der Waals surface area contributed by atoms with Crippen LogP contribution >= 0.6 is 11.3 Å². The number of hydrogen-bond donors (Lipinski definition) is 1. The van der Waals surface area contributed by atoms with E-state index in [2.05, 4.69) is 11.4 Å². The average molecular weight is 472 g/mol. The Kier molecular flexibility index (Phi) is 6.57. The number of esters is 1. The van der Waals surface area contributed by atoms with Gasteiger partial charge in [-0.15, -0.1) is 11.3 Å². The molecule has 2 heterocycles. The number of fused-ring (bicyclic) bond motifs is 1. The van der Waals surface area contributed by atoms with Crippen molar-refractivity contribution in [3.05, 3.63) is 76.2 Å². The van der Waals surface area contributed by atoms with Crippen LogP contribution in [0.5, 0.6) is 5.75 Å². The molecule has 1 amide bonds. The fraction of sp³-hybridized carbons (Fsp3) is 0.154. The van der Waals surface area contributed by atoms with Crippen LogP contribution in [0.3, 0.4) is 0 Å². The molecular formula is C26H21N3O4S. The van der Waals surface area contributed by atoms with E-state index < -0.39 is 11.9 Å². The zero-order valence-electron chi connectivity index (χ0n) is 18.8. The minimum absolute atomic E-state index is 0.218. The summed E-state index contributed by atoms with van der Waals surface area (Å²) in [6, 6.07) is 18.6. The molecule has 0 radical (unpaired) electrons. The minimum atomic E-state index is -0.517. The Morgan fingerprint density at radius 2 is 1.94 bits per heavy atom. The van der Waals surface area contributed by atoms with Crippen LogP contribution in [0.4, 0.5) is 5.00 Å². The molecule has 4 rings (SSSR count). The second-order valence-electron chi connectivity index (χ2n) is 7.35. The maximum Gasteiger partial charge on any atom is 0.348 e. The first-order chi connectivity index (χ1) is 16.5. The number of ether oxygens (including phenoxy) is 2. The zero-order chi connectivity index (χ0) is 24.2. The fourth-order valence-corrected chi connectivity index (χ4v) is 4.64. The SMILES string of the molecule is CCOC(=O)c1sc(NC(=O)c2cc(-c3cccc(OC)c3)nc3ccccc23)c(C#N)c1C. The van der Waals surface area contributed by atoms with E-state index in [0.717, 1.165) is 16.9 Å². The predicted octanol–water partition coefficient (Wildman–Crippen LogP) is 5.58. The first-order valence-corrected chi connectivity index (χ1v) is 11.3. The van der Waals surface area contributed by atoms with Crippen LogP contribution in [0.2, 0.25) is 0 Å². The number of nitrogens with zero attached hydrogens (tertiary/aromatic N) is 2. The Bertz CT molecular complexity index is 1450. The third-order valence-electron chi connectivity index (χ3n) is 5.27. The van der Waals surface area contributed by atoms with Gasteiger partial charge in [-0.25, -0.2) is 9.78 Å². The maximum atomic E-state index is 13.4. The van der Waals surface area contributed by atoms with Crippen molar-refractivity contribution in [3.63, 3.8) is 0 Å². The van der Waals surface area contributed by atoms with Crippen molar-refractivity contribution in [2.45, 2.75) is 13.8 Å². The first-order valence-electron chi connectivity index (χ1n) is 10.5. The Morgan fingerprint density at radius 3 is 2.68 bits per heavy atom. The van der Waals surface area contributed by atoms with Crippen LogP contribution in [0.25, 0.3) is 22.2 Å². The number of carbonyl (C=O) groups excluding carboxylic acids is 2. The molecule has 2 aromatic heterocycles. The number of nitrogens with one attached hydrogen (secondary N) is 1. The second-order valence-corrected chi connectivity index (χ2v) is 8.37. The van der Waals surface area contributed by atoms with Gasteiger partial charge < -0.3 is 14.8 Å². The summed E-state index contributed by atoms with van der Waals surface area (Å²) in [6.07, 6.45) is 0. The number of methoxy groups -OCH3 is 1. The molecule has 0 saturated heterocycles. The van der Waals surface area contributed by atoms with Gasteiger partial charge in [0.05, 0.1) is 36.1 Å². The van der Waals surface area contributed by atoms with E-state index in [1.807, 2.05) is 48.5 Å². The van der Waals surface area contributed by atoms with Gasteiger partial charge in [0, 0.05) is 10.9 Å². The lowest BCUT2D eigenvalue weighted by Gasteiger charge is -2.11. The smallest absolute Gasteiger partial charge is 0.348 e. The molecule has 2 aromatic carbocycles. The van der Waals surface area contributed by atoms with E-state index >= 15 is 0 Å². The lowest BCUT2D eigenvalue weighted by molar-refractivity contribution is 0.0531. The van der Waals surface area contributed by atoms with Crippen molar-refractivity contribution in [1.29, 1.82) is 5.26 Å². The number of thiophene rings is 1. The summed E-state index contributed by atoms with van der Waals surface area (Å²) in [5.74, 6) is -0.245. The van der Waals surface area contributed by atoms with Crippen LogP contribution in [-0.2, 0) is 4.74 Å². The van der Waals surface area contributed by atoms with Crippen molar-refractivity contribution in [1.82, 2.24) is 4.98 Å². The standard InChI is InChI=1S/C26H21N3O4S/c1-4-33-26(31)23-15(2)20(14-27)25(34-23)29-24(30)19-13-22(16-8-7-9-17(12-16)32-3)28-21-11-6-5-10-18(19)21/h5-13H,4H2,1-3H3,(H,29,30). The first kappa shape index (κ1) is 23.0. The molecule has 0 fully saturated rings. The summed E-state index contributed by atoms with van der Waals surface area (Å²) in [5.41, 5.74) is 3.19. The Morgan fingerprint density at radius 1 is 1.15 bits per heavy atom. The molecule has 170 valence electrons. The highest BCUT2D eigenvalue weighted by molar-refractivity contribution is 7.18. The van der Waals surface area contributed by atoms with Gasteiger partial charge in [-0.2, -0.15) is 5.26 Å². The molecule has 0 saturated carbocycles. The van der Waals surface area contributed by atoms with Crippen molar-refractivity contribution in [3.8, 4) is 23.1 Å². The molecule has 8 heteroatoms. The Hall–Kier alpha value is -4.22. The molecule has 0 aliphatic heterocycles. The fourth-order valence-electron chi connectivity index (χ4n) is 3.59. The normalized spacial score (nSPS) is 10.5. The Balaban J connectivity index is 1.78. The van der Waals surface area contributed by atoms with E-state index in [1.165, 1.54) is 0 Å². The maximum absolute atomic E-state index is 13.4. The van der Waals surface area contributed by atoms with Crippen LogP contribution in [0.1, 0.15) is 38.1 Å². The summed E-state index contributed by atoms with van der Waals surface area (Å²) in [4.78, 5) is 30.7. The molecule has 0 aliphatic carbocycles. The third kappa shape index (κ3) is 4.34. The van der Waals surface area contributed by atoms with Crippen molar-refractivity contribution in [2.24, 2.45) is 0 Å². The highest BCUT2D eigenvalue weighted by atomic mass is 32.1. The number of carbonyl (C=O) groups is 2. The number of rotatable bonds is 6. The molecule has 1 N–H and O–H groups in total. The molecule has 0 atom stereocenters. The summed E-state index contributed by atoms with van der Waals surface area (Å²) < 4.78 is 10.4. The molecule has 0 unspecified atom stereocenters. The third-order valence-corrected chi connectivity index (χ3v) is 6.46. The summed E-state index contributed by atoms with van der Waals surface area (Å²) in [5, 5.41) is 13.5. The van der Waals surface area contributed by atoms with Crippen molar-refractivity contribution < 1.29 is 19.1 Å². The van der Waals surface area contributed by atoms with Gasteiger partial charge in [-0.1, -0.05) is 30.3 Å². The van der Waals surface area contributed by atoms with Gasteiger partial charge in [0.15, 0.2) is 0 Å². The molecule has 4 aromatic rings. The number of pyridine rings is 1. The van der Waals surface area contributed by atoms with Gasteiger partial charge in [-0.05, 0) is 43.7 Å². The summed E-state index contributed by atoms with van der Waals surface area (Å²) in [6.45, 7) is 3.60. The number of para-hydroxylation sites is 1. The molecule has 0 bridgehead atoms. The van der Waals surface area contributed by atoms with E-state index in [9.17, 15) is 14.9 Å². The number of nitriles is 1. The highest BCUT2D eigenvalue weighted by Gasteiger charge is 2.23. The van der Waals surface area contributed by atoms with E-state index in [4.69, 9.17) is 14.5 Å². The van der Waals surface area contributed by atoms with E-state index in [1.54, 1.807) is 27.0 Å². The van der Waals surface area contributed by atoms with Gasteiger partial charge in [-0.3, -0.25) is 4.79 Å². The molecule has 0 spiro atoms. The lowest BCUT2D eigenvalue weighted by Crippen LogP contribution is -2.13. The predicted molar refractivity (Wildman–Crippen MR) is 131 cm³/mol. The highest BCUT2D eigenvalue weighted by Crippen LogP contribution is 2.34. The minimum Gasteiger partial charge on any atom is -0.497 e. The topological polar surface area (TPSA) is 101 Å². The molecule has 34 heavy (non-hydrogen) atoms. The van der Waals surface area contributed by atoms with E-state index in [0.29, 0.717) is 43.4 Å². The number of benzene rings is 2. The van der Waals surface area contributed by atoms with E-state index in [-0.39, 0.29) is 12.2 Å². The largest absolute Gasteiger partial charge is 0.497 e. The zero-order valence-corrected chi connectivity index (χ0v) is 19.7. The summed E-state index contributed by atoms with van der Waals surface area (Å²) >= 11 is 1.03. The number of anilines is 1. The van der Waals surface area contributed by atoms with Crippen LogP contribution in [0, 0.1) is 18.3 Å². The quantitative estimate of drug-likeness (QED) is 0.368. The van der Waals surface area contributed by atoms with Crippen LogP contribution < -0.4 is 10.1 Å². The lowest BCUT2D eigenvalue weighted by atomic mass is 10.0. The second kappa shape index (κ2) is 9.73. The van der Waals surface area contributed by atoms with Gasteiger partial charge in [0.2, 0.25) is 0 Å². The summed E-state index contributed by atoms with van der Waals surface area (Å²) in [7, 11) is 1.59. The van der Waals surface area contributed by atoms with Gasteiger partial charge in [0.25, 0.3) is 5.91 Å². The van der Waals surface area contributed by atoms with Crippen LogP contribution in [0.15, 0.2) is 54.6 Å². The number of aromatic nitrogens is 1. The number of hydrogen-bond acceptors (Lipinski definition) is 7. The van der Waals surface area contributed by atoms with Gasteiger partial charge in [0.1, 0.15) is 21.7 Å². The molecule has 0 aliphatic rings. The molecular weight excluding hydrogens is 450 g/mol. The average Bonchev–Trinajstić information content (AvgIpc) is 3.18. The van der Waals surface area contributed by atoms with Crippen LogP contribution in [-0.4, -0.2) is 30.6 Å². The molecule has 7 nitrogen and oxygen atoms in total. The Labute approximate surface area is 200 Å². The monoisotopic (exact) mass is 471 g/mol.